The van der Waals surface area contributed by atoms with Crippen LogP contribution in [0.3, 0.4) is 0 Å². The minimum Gasteiger partial charge on any atom is -0.497 e. The summed E-state index contributed by atoms with van der Waals surface area (Å²) in [5, 5.41) is 5.78. The Hall–Kier alpha value is -4.17. The molecule has 0 saturated heterocycles. The third-order valence-corrected chi connectivity index (χ3v) is 6.09. The van der Waals surface area contributed by atoms with E-state index in [0.29, 0.717) is 16.9 Å². The van der Waals surface area contributed by atoms with Crippen molar-refractivity contribution < 1.29 is 22.1 Å². The fraction of sp³-hybridized carbons (Fsp3) is 0.0400. The van der Waals surface area contributed by atoms with Crippen LogP contribution in [0.25, 0.3) is 10.8 Å². The van der Waals surface area contributed by atoms with Gasteiger partial charge in [0, 0.05) is 5.56 Å². The lowest BCUT2D eigenvalue weighted by Gasteiger charge is -2.08. The monoisotopic (exact) mass is 460 g/mol. The van der Waals surface area contributed by atoms with Gasteiger partial charge in [0.1, 0.15) is 16.4 Å². The SMILES string of the molecule is COc1ccc(S(=O)(=O)Oc2cccc(/C=N\NC(=O)c3cccc4ccccc34)c2)cc1. The van der Waals surface area contributed by atoms with E-state index in [1.165, 1.54) is 49.7 Å². The largest absolute Gasteiger partial charge is 0.497 e. The Morgan fingerprint density at radius 2 is 1.61 bits per heavy atom. The van der Waals surface area contributed by atoms with E-state index in [1.54, 1.807) is 18.2 Å². The molecule has 0 aromatic heterocycles. The van der Waals surface area contributed by atoms with E-state index in [9.17, 15) is 13.2 Å². The molecule has 4 aromatic rings. The topological polar surface area (TPSA) is 94.1 Å². The molecular weight excluding hydrogens is 440 g/mol. The van der Waals surface area contributed by atoms with Crippen LogP contribution in [0.4, 0.5) is 0 Å². The molecule has 0 unspecified atom stereocenters. The number of methoxy groups -OCH3 is 1. The van der Waals surface area contributed by atoms with E-state index in [-0.39, 0.29) is 16.6 Å². The van der Waals surface area contributed by atoms with Crippen molar-refractivity contribution in [1.29, 1.82) is 0 Å². The van der Waals surface area contributed by atoms with Crippen molar-refractivity contribution in [2.75, 3.05) is 7.11 Å². The second kappa shape index (κ2) is 9.54. The normalized spacial score (nSPS) is 11.4. The average Bonchev–Trinajstić information content (AvgIpc) is 2.83. The van der Waals surface area contributed by atoms with Crippen LogP contribution >= 0.6 is 0 Å². The van der Waals surface area contributed by atoms with Crippen molar-refractivity contribution in [2.45, 2.75) is 4.90 Å². The summed E-state index contributed by atoms with van der Waals surface area (Å²) in [5.41, 5.74) is 3.56. The zero-order chi connectivity index (χ0) is 23.3. The molecular formula is C25H20N2O5S. The highest BCUT2D eigenvalue weighted by molar-refractivity contribution is 7.87. The molecule has 1 amide bonds. The molecule has 0 aliphatic carbocycles. The first kappa shape index (κ1) is 22.0. The lowest BCUT2D eigenvalue weighted by atomic mass is 10.0. The summed E-state index contributed by atoms with van der Waals surface area (Å²) < 4.78 is 35.3. The number of fused-ring (bicyclic) bond motifs is 1. The Kier molecular flexibility index (Phi) is 6.37. The van der Waals surface area contributed by atoms with Gasteiger partial charge in [0.2, 0.25) is 0 Å². The summed E-state index contributed by atoms with van der Waals surface area (Å²) >= 11 is 0. The number of amides is 1. The maximum absolute atomic E-state index is 12.6. The fourth-order valence-electron chi connectivity index (χ4n) is 3.21. The first-order valence-electron chi connectivity index (χ1n) is 9.96. The highest BCUT2D eigenvalue weighted by atomic mass is 32.2. The quantitative estimate of drug-likeness (QED) is 0.251. The second-order valence-electron chi connectivity index (χ2n) is 7.01. The number of carbonyl (C=O) groups is 1. The maximum atomic E-state index is 12.6. The van der Waals surface area contributed by atoms with Crippen LogP contribution in [0.2, 0.25) is 0 Å². The minimum absolute atomic E-state index is 0.00437. The predicted molar refractivity (Wildman–Crippen MR) is 126 cm³/mol. The van der Waals surface area contributed by atoms with Gasteiger partial charge in [0.15, 0.2) is 0 Å². The molecule has 0 saturated carbocycles. The molecule has 33 heavy (non-hydrogen) atoms. The molecule has 0 aliphatic heterocycles. The van der Waals surface area contributed by atoms with Gasteiger partial charge in [-0.1, -0.05) is 48.5 Å². The van der Waals surface area contributed by atoms with Crippen molar-refractivity contribution in [3.63, 3.8) is 0 Å². The lowest BCUT2D eigenvalue weighted by Crippen LogP contribution is -2.17. The number of carbonyl (C=O) groups excluding carboxylic acids is 1. The van der Waals surface area contributed by atoms with Crippen LogP contribution in [0, 0.1) is 0 Å². The number of ether oxygens (including phenoxy) is 1. The molecule has 1 N–H and O–H groups in total. The van der Waals surface area contributed by atoms with Crippen LogP contribution in [-0.2, 0) is 10.1 Å². The number of nitrogens with one attached hydrogen (secondary N) is 1. The van der Waals surface area contributed by atoms with Gasteiger partial charge in [-0.2, -0.15) is 13.5 Å². The Balaban J connectivity index is 1.46. The predicted octanol–water partition coefficient (Wildman–Crippen LogP) is 4.38. The standard InChI is InChI=1S/C25H20N2O5S/c1-31-20-12-14-22(15-13-20)33(29,30)32-21-9-4-6-18(16-21)17-26-27-25(28)24-11-5-8-19-7-2-3-10-23(19)24/h2-17H,1H3,(H,27,28)/b26-17-. The van der Waals surface area contributed by atoms with Crippen molar-refractivity contribution in [1.82, 2.24) is 5.43 Å². The van der Waals surface area contributed by atoms with Crippen LogP contribution in [-0.4, -0.2) is 27.6 Å². The van der Waals surface area contributed by atoms with Crippen molar-refractivity contribution in [2.24, 2.45) is 5.10 Å². The zero-order valence-corrected chi connectivity index (χ0v) is 18.5. The van der Waals surface area contributed by atoms with E-state index in [0.717, 1.165) is 10.8 Å². The summed E-state index contributed by atoms with van der Waals surface area (Å²) in [7, 11) is -2.52. The highest BCUT2D eigenvalue weighted by Crippen LogP contribution is 2.22. The molecule has 0 bridgehead atoms. The summed E-state index contributed by atoms with van der Waals surface area (Å²) in [4.78, 5) is 12.6. The van der Waals surface area contributed by atoms with E-state index in [2.05, 4.69) is 10.5 Å². The molecule has 0 aliphatic rings. The van der Waals surface area contributed by atoms with Crippen molar-refractivity contribution >= 4 is 33.0 Å². The average molecular weight is 461 g/mol. The van der Waals surface area contributed by atoms with E-state index < -0.39 is 10.1 Å². The van der Waals surface area contributed by atoms with Gasteiger partial charge in [0.25, 0.3) is 5.91 Å². The molecule has 166 valence electrons. The molecule has 4 rings (SSSR count). The molecule has 4 aromatic carbocycles. The smallest absolute Gasteiger partial charge is 0.339 e. The van der Waals surface area contributed by atoms with Gasteiger partial charge in [0.05, 0.1) is 13.3 Å². The van der Waals surface area contributed by atoms with Gasteiger partial charge >= 0.3 is 10.1 Å². The van der Waals surface area contributed by atoms with E-state index in [1.807, 2.05) is 36.4 Å². The lowest BCUT2D eigenvalue weighted by molar-refractivity contribution is 0.0957. The zero-order valence-electron chi connectivity index (χ0n) is 17.6. The van der Waals surface area contributed by atoms with E-state index in [4.69, 9.17) is 8.92 Å². The molecule has 0 fully saturated rings. The summed E-state index contributed by atoms with van der Waals surface area (Å²) in [6.45, 7) is 0. The molecule has 0 radical (unpaired) electrons. The number of hydrazone groups is 1. The minimum atomic E-state index is -4.02. The first-order valence-corrected chi connectivity index (χ1v) is 11.4. The Morgan fingerprint density at radius 1 is 0.879 bits per heavy atom. The van der Waals surface area contributed by atoms with E-state index >= 15 is 0 Å². The first-order chi connectivity index (χ1) is 16.0. The highest BCUT2D eigenvalue weighted by Gasteiger charge is 2.17. The number of rotatable bonds is 7. The van der Waals surface area contributed by atoms with Gasteiger partial charge < -0.3 is 8.92 Å². The Labute approximate surface area is 191 Å². The van der Waals surface area contributed by atoms with Crippen molar-refractivity contribution in [3.05, 3.63) is 102 Å². The third-order valence-electron chi connectivity index (χ3n) is 4.83. The summed E-state index contributed by atoms with van der Waals surface area (Å²) in [5.74, 6) is 0.311. The van der Waals surface area contributed by atoms with Crippen LogP contribution in [0.1, 0.15) is 15.9 Å². The number of nitrogens with zero attached hydrogens (tertiary/aromatic N) is 1. The number of benzene rings is 4. The molecule has 0 spiro atoms. The molecule has 7 nitrogen and oxygen atoms in total. The third kappa shape index (κ3) is 5.19. The van der Waals surface area contributed by atoms with Gasteiger partial charge in [-0.15, -0.1) is 0 Å². The maximum Gasteiger partial charge on any atom is 0.339 e. The fourth-order valence-corrected chi connectivity index (χ4v) is 4.14. The van der Waals surface area contributed by atoms with Gasteiger partial charge in [-0.25, -0.2) is 5.43 Å². The van der Waals surface area contributed by atoms with Crippen LogP contribution in [0.15, 0.2) is 101 Å². The molecule has 0 atom stereocenters. The number of hydrogen-bond donors (Lipinski definition) is 1. The van der Waals surface area contributed by atoms with Crippen molar-refractivity contribution in [3.8, 4) is 11.5 Å². The van der Waals surface area contributed by atoms with Gasteiger partial charge in [-0.05, 0) is 58.8 Å². The summed E-state index contributed by atoms with van der Waals surface area (Å²) in [6.07, 6.45) is 1.41. The summed E-state index contributed by atoms with van der Waals surface area (Å²) in [6, 6.07) is 25.3. The Morgan fingerprint density at radius 3 is 2.39 bits per heavy atom. The second-order valence-corrected chi connectivity index (χ2v) is 8.56. The van der Waals surface area contributed by atoms with Crippen LogP contribution < -0.4 is 14.3 Å². The van der Waals surface area contributed by atoms with Gasteiger partial charge in [-0.3, -0.25) is 4.79 Å². The van der Waals surface area contributed by atoms with Crippen LogP contribution in [0.5, 0.6) is 11.5 Å². The molecule has 0 heterocycles. The number of hydrogen-bond acceptors (Lipinski definition) is 6. The Bertz CT molecular complexity index is 1430. The molecule has 8 heteroatoms.